The van der Waals surface area contributed by atoms with E-state index in [1.54, 1.807) is 6.20 Å². The van der Waals surface area contributed by atoms with E-state index in [0.29, 0.717) is 26.2 Å². The first-order valence-corrected chi connectivity index (χ1v) is 10.5. The fraction of sp³-hybridized carbons (Fsp3) is 0.500. The molecule has 0 bridgehead atoms. The third-order valence-corrected chi connectivity index (χ3v) is 4.78. The molecule has 1 heterocycles. The zero-order valence-corrected chi connectivity index (χ0v) is 17.8. The Bertz CT molecular complexity index is 697. The molecular formula is C24H33NO4. The predicted molar refractivity (Wildman–Crippen MR) is 114 cm³/mol. The monoisotopic (exact) mass is 399 g/mol. The standard InChI is InChI=1S/C24H33NO4/c1-4-27-23(26)17-22(11-7-9-19-10-8-16-25-18-19)20-12-14-21(15-13-20)24(28-5-2)29-6-3/h8,10,12-16,18,22,24H,4-7,9,11,17H2,1-3H3. The van der Waals surface area contributed by atoms with E-state index >= 15 is 0 Å². The van der Waals surface area contributed by atoms with E-state index < -0.39 is 0 Å². The number of carbonyl (C=O) groups excluding carboxylic acids is 1. The molecule has 0 aliphatic carbocycles. The molecule has 1 unspecified atom stereocenters. The SMILES string of the molecule is CCOC(=O)CC(CCCc1cccnc1)c1ccc(C(OCC)OCC)cc1. The van der Waals surface area contributed by atoms with Crippen molar-refractivity contribution in [3.63, 3.8) is 0 Å². The molecule has 0 N–H and O–H groups in total. The summed E-state index contributed by atoms with van der Waals surface area (Å²) in [7, 11) is 0. The van der Waals surface area contributed by atoms with Gasteiger partial charge in [0.15, 0.2) is 6.29 Å². The lowest BCUT2D eigenvalue weighted by Crippen LogP contribution is -2.12. The molecule has 0 radical (unpaired) electrons. The average Bonchev–Trinajstić information content (AvgIpc) is 2.74. The Kier molecular flexibility index (Phi) is 10.4. The largest absolute Gasteiger partial charge is 0.466 e. The van der Waals surface area contributed by atoms with E-state index in [0.717, 1.165) is 30.4 Å². The quantitative estimate of drug-likeness (QED) is 0.342. The summed E-state index contributed by atoms with van der Waals surface area (Å²) < 4.78 is 16.5. The average molecular weight is 400 g/mol. The molecule has 5 heteroatoms. The fourth-order valence-corrected chi connectivity index (χ4v) is 3.37. The van der Waals surface area contributed by atoms with Gasteiger partial charge >= 0.3 is 5.97 Å². The predicted octanol–water partition coefficient (Wildman–Crippen LogP) is 5.21. The van der Waals surface area contributed by atoms with Crippen LogP contribution in [-0.4, -0.2) is 30.8 Å². The van der Waals surface area contributed by atoms with E-state index in [-0.39, 0.29) is 18.2 Å². The van der Waals surface area contributed by atoms with E-state index in [4.69, 9.17) is 14.2 Å². The van der Waals surface area contributed by atoms with Crippen molar-refractivity contribution in [2.75, 3.05) is 19.8 Å². The highest BCUT2D eigenvalue weighted by Crippen LogP contribution is 2.28. The lowest BCUT2D eigenvalue weighted by atomic mass is 9.89. The molecule has 0 aliphatic heterocycles. The van der Waals surface area contributed by atoms with Crippen molar-refractivity contribution in [1.82, 2.24) is 4.98 Å². The lowest BCUT2D eigenvalue weighted by Gasteiger charge is -2.20. The van der Waals surface area contributed by atoms with Crippen molar-refractivity contribution in [3.05, 3.63) is 65.5 Å². The molecule has 0 spiro atoms. The molecule has 2 aromatic rings. The number of benzene rings is 1. The van der Waals surface area contributed by atoms with Crippen molar-refractivity contribution in [2.45, 2.75) is 58.7 Å². The summed E-state index contributed by atoms with van der Waals surface area (Å²) in [4.78, 5) is 16.3. The van der Waals surface area contributed by atoms with E-state index in [1.807, 2.05) is 45.2 Å². The van der Waals surface area contributed by atoms with Gasteiger partial charge < -0.3 is 14.2 Å². The molecule has 1 atom stereocenters. The molecule has 0 amide bonds. The van der Waals surface area contributed by atoms with Gasteiger partial charge in [-0.3, -0.25) is 9.78 Å². The molecule has 0 fully saturated rings. The van der Waals surface area contributed by atoms with Gasteiger partial charge in [0, 0.05) is 31.2 Å². The third kappa shape index (κ3) is 7.95. The zero-order chi connectivity index (χ0) is 20.9. The molecule has 29 heavy (non-hydrogen) atoms. The van der Waals surface area contributed by atoms with Crippen LogP contribution in [0.1, 0.15) is 68.9 Å². The molecule has 158 valence electrons. The Morgan fingerprint density at radius 3 is 2.24 bits per heavy atom. The van der Waals surface area contributed by atoms with E-state index in [2.05, 4.69) is 23.2 Å². The van der Waals surface area contributed by atoms with Crippen LogP contribution >= 0.6 is 0 Å². The number of hydrogen-bond acceptors (Lipinski definition) is 5. The smallest absolute Gasteiger partial charge is 0.306 e. The van der Waals surface area contributed by atoms with Gasteiger partial charge in [0.05, 0.1) is 13.0 Å². The summed E-state index contributed by atoms with van der Waals surface area (Å²) in [6.07, 6.45) is 6.56. The second-order valence-electron chi connectivity index (χ2n) is 6.87. The Morgan fingerprint density at radius 1 is 0.966 bits per heavy atom. The Labute approximate surface area is 174 Å². The van der Waals surface area contributed by atoms with E-state index in [9.17, 15) is 4.79 Å². The molecular weight excluding hydrogens is 366 g/mol. The molecule has 2 rings (SSSR count). The van der Waals surface area contributed by atoms with Crippen LogP contribution in [-0.2, 0) is 25.4 Å². The maximum atomic E-state index is 12.1. The van der Waals surface area contributed by atoms with Gasteiger partial charge in [-0.2, -0.15) is 0 Å². The number of aryl methyl sites for hydroxylation is 1. The van der Waals surface area contributed by atoms with Crippen molar-refractivity contribution >= 4 is 5.97 Å². The number of rotatable bonds is 13. The summed E-state index contributed by atoms with van der Waals surface area (Å²) >= 11 is 0. The van der Waals surface area contributed by atoms with Crippen LogP contribution in [0.15, 0.2) is 48.8 Å². The maximum Gasteiger partial charge on any atom is 0.306 e. The minimum atomic E-state index is -0.354. The van der Waals surface area contributed by atoms with Gasteiger partial charge in [0.2, 0.25) is 0 Å². The van der Waals surface area contributed by atoms with Crippen LogP contribution in [0, 0.1) is 0 Å². The Balaban J connectivity index is 2.06. The first-order chi connectivity index (χ1) is 14.2. The maximum absolute atomic E-state index is 12.1. The minimum Gasteiger partial charge on any atom is -0.466 e. The highest BCUT2D eigenvalue weighted by atomic mass is 16.7. The van der Waals surface area contributed by atoms with Crippen LogP contribution in [0.3, 0.4) is 0 Å². The Hall–Kier alpha value is -2.24. The van der Waals surface area contributed by atoms with Crippen molar-refractivity contribution < 1.29 is 19.0 Å². The molecule has 0 saturated heterocycles. The third-order valence-electron chi connectivity index (χ3n) is 4.78. The van der Waals surface area contributed by atoms with Crippen molar-refractivity contribution in [2.24, 2.45) is 0 Å². The van der Waals surface area contributed by atoms with Gasteiger partial charge in [-0.1, -0.05) is 30.3 Å². The van der Waals surface area contributed by atoms with Crippen molar-refractivity contribution in [1.29, 1.82) is 0 Å². The summed E-state index contributed by atoms with van der Waals surface area (Å²) in [5.74, 6) is -0.0260. The summed E-state index contributed by atoms with van der Waals surface area (Å²) in [6.45, 7) is 7.34. The van der Waals surface area contributed by atoms with Gasteiger partial charge in [-0.05, 0) is 63.1 Å². The number of aromatic nitrogens is 1. The number of pyridine rings is 1. The van der Waals surface area contributed by atoms with Gasteiger partial charge in [-0.25, -0.2) is 0 Å². The number of hydrogen-bond donors (Lipinski definition) is 0. The highest BCUT2D eigenvalue weighted by molar-refractivity contribution is 5.70. The fourth-order valence-electron chi connectivity index (χ4n) is 3.37. The summed E-state index contributed by atoms with van der Waals surface area (Å²) in [6, 6.07) is 12.3. The number of nitrogens with zero attached hydrogens (tertiary/aromatic N) is 1. The van der Waals surface area contributed by atoms with Crippen LogP contribution in [0.2, 0.25) is 0 Å². The normalized spacial score (nSPS) is 12.1. The second-order valence-corrected chi connectivity index (χ2v) is 6.87. The summed E-state index contributed by atoms with van der Waals surface area (Å²) in [5, 5.41) is 0. The zero-order valence-electron chi connectivity index (χ0n) is 17.8. The Morgan fingerprint density at radius 2 is 1.66 bits per heavy atom. The van der Waals surface area contributed by atoms with Crippen LogP contribution in [0.4, 0.5) is 0 Å². The first-order valence-electron chi connectivity index (χ1n) is 10.5. The molecule has 5 nitrogen and oxygen atoms in total. The van der Waals surface area contributed by atoms with Crippen molar-refractivity contribution in [3.8, 4) is 0 Å². The molecule has 0 aliphatic rings. The van der Waals surface area contributed by atoms with Crippen LogP contribution in [0.5, 0.6) is 0 Å². The summed E-state index contributed by atoms with van der Waals surface area (Å²) in [5.41, 5.74) is 3.34. The lowest BCUT2D eigenvalue weighted by molar-refractivity contribution is -0.143. The van der Waals surface area contributed by atoms with Crippen LogP contribution < -0.4 is 0 Å². The van der Waals surface area contributed by atoms with E-state index in [1.165, 1.54) is 5.56 Å². The first kappa shape index (κ1) is 23.0. The molecule has 0 saturated carbocycles. The molecule has 1 aromatic carbocycles. The minimum absolute atomic E-state index is 0.123. The topological polar surface area (TPSA) is 57.7 Å². The second kappa shape index (κ2) is 13.1. The number of carbonyl (C=O) groups is 1. The highest BCUT2D eigenvalue weighted by Gasteiger charge is 2.18. The number of esters is 1. The van der Waals surface area contributed by atoms with Gasteiger partial charge in [0.25, 0.3) is 0 Å². The van der Waals surface area contributed by atoms with Gasteiger partial charge in [0.1, 0.15) is 0 Å². The van der Waals surface area contributed by atoms with Crippen LogP contribution in [0.25, 0.3) is 0 Å². The molecule has 1 aromatic heterocycles. The number of ether oxygens (including phenoxy) is 3. The van der Waals surface area contributed by atoms with Gasteiger partial charge in [-0.15, -0.1) is 0 Å².